The van der Waals surface area contributed by atoms with Gasteiger partial charge in [-0.25, -0.2) is 8.42 Å². The van der Waals surface area contributed by atoms with E-state index in [1.54, 1.807) is 25.1 Å². The fourth-order valence-electron chi connectivity index (χ4n) is 3.00. The van der Waals surface area contributed by atoms with Gasteiger partial charge in [-0.1, -0.05) is 0 Å². The number of ketones is 1. The van der Waals surface area contributed by atoms with Crippen LogP contribution in [0.25, 0.3) is 0 Å². The number of nitrogens with one attached hydrogen (secondary N) is 1. The van der Waals surface area contributed by atoms with E-state index in [4.69, 9.17) is 9.47 Å². The van der Waals surface area contributed by atoms with Crippen LogP contribution in [0.1, 0.15) is 37.0 Å². The second-order valence-electron chi connectivity index (χ2n) is 7.14. The number of hydrogen-bond donors (Lipinski definition) is 1. The molecular weight excluding hydrogens is 412 g/mol. The van der Waals surface area contributed by atoms with Crippen LogP contribution in [0.4, 0.5) is 0 Å². The number of sulfone groups is 1. The number of carbonyl (C=O) groups excluding carboxylic acids is 3. The molecule has 1 aliphatic rings. The molecule has 1 heterocycles. The van der Waals surface area contributed by atoms with E-state index in [0.717, 1.165) is 0 Å². The highest BCUT2D eigenvalue weighted by Gasteiger charge is 2.28. The number of hydrogen-bond acceptors (Lipinski definition) is 7. The normalized spacial score (nSPS) is 16.4. The topological polar surface area (TPSA) is 119 Å². The van der Waals surface area contributed by atoms with Crippen molar-refractivity contribution in [3.8, 4) is 11.5 Å². The predicted octanol–water partition coefficient (Wildman–Crippen LogP) is 0.819. The summed E-state index contributed by atoms with van der Waals surface area (Å²) in [6, 6.07) is 4.17. The summed E-state index contributed by atoms with van der Waals surface area (Å²) in [6.45, 7) is 3.61. The molecule has 2 amide bonds. The van der Waals surface area contributed by atoms with Crippen LogP contribution in [0.3, 0.4) is 0 Å². The van der Waals surface area contributed by atoms with Crippen molar-refractivity contribution >= 4 is 27.4 Å². The first kappa shape index (κ1) is 23.7. The number of Topliss-reactive ketones (excluding diaryl/α,β-unsaturated/α-hetero) is 1. The SMILES string of the molecule is COc1cc(C(C)=O)ccc1OCCCC(=O)NC(C)C(=O)N1CCS(=O)(=O)CC1. The van der Waals surface area contributed by atoms with Crippen molar-refractivity contribution < 1.29 is 32.3 Å². The van der Waals surface area contributed by atoms with Crippen LogP contribution in [0.2, 0.25) is 0 Å². The Morgan fingerprint density at radius 3 is 2.43 bits per heavy atom. The third kappa shape index (κ3) is 6.72. The lowest BCUT2D eigenvalue weighted by Crippen LogP contribution is -2.51. The molecule has 0 radical (unpaired) electrons. The van der Waals surface area contributed by atoms with E-state index in [-0.39, 0.29) is 55.2 Å². The van der Waals surface area contributed by atoms with Gasteiger partial charge in [0.25, 0.3) is 0 Å². The monoisotopic (exact) mass is 440 g/mol. The zero-order valence-electron chi connectivity index (χ0n) is 17.5. The van der Waals surface area contributed by atoms with Gasteiger partial charge in [0, 0.05) is 25.1 Å². The quantitative estimate of drug-likeness (QED) is 0.446. The van der Waals surface area contributed by atoms with Gasteiger partial charge in [0.05, 0.1) is 25.2 Å². The molecule has 0 aliphatic carbocycles. The zero-order chi connectivity index (χ0) is 22.3. The second kappa shape index (κ2) is 10.4. The van der Waals surface area contributed by atoms with E-state index < -0.39 is 15.9 Å². The van der Waals surface area contributed by atoms with Crippen LogP contribution >= 0.6 is 0 Å². The Labute approximate surface area is 176 Å². The molecule has 1 saturated heterocycles. The molecule has 0 bridgehead atoms. The second-order valence-corrected chi connectivity index (χ2v) is 9.44. The summed E-state index contributed by atoms with van der Waals surface area (Å²) >= 11 is 0. The van der Waals surface area contributed by atoms with Crippen LogP contribution in [-0.2, 0) is 19.4 Å². The van der Waals surface area contributed by atoms with Crippen molar-refractivity contribution in [2.75, 3.05) is 38.3 Å². The minimum Gasteiger partial charge on any atom is -0.493 e. The number of nitrogens with zero attached hydrogens (tertiary/aromatic N) is 1. The average Bonchev–Trinajstić information content (AvgIpc) is 2.70. The molecule has 10 heteroatoms. The van der Waals surface area contributed by atoms with Gasteiger partial charge in [-0.2, -0.15) is 0 Å². The largest absolute Gasteiger partial charge is 0.493 e. The van der Waals surface area contributed by atoms with Gasteiger partial charge < -0.3 is 19.7 Å². The lowest BCUT2D eigenvalue weighted by Gasteiger charge is -2.29. The minimum absolute atomic E-state index is 0.0480. The molecule has 30 heavy (non-hydrogen) atoms. The maximum atomic E-state index is 12.4. The van der Waals surface area contributed by atoms with Crippen LogP contribution in [-0.4, -0.2) is 75.3 Å². The molecule has 0 aromatic heterocycles. The Hall–Kier alpha value is -2.62. The van der Waals surface area contributed by atoms with Crippen LogP contribution < -0.4 is 14.8 Å². The molecular formula is C20H28N2O7S. The summed E-state index contributed by atoms with van der Waals surface area (Å²) in [5, 5.41) is 2.64. The van der Waals surface area contributed by atoms with Crippen molar-refractivity contribution in [2.45, 2.75) is 32.7 Å². The molecule has 1 aliphatic heterocycles. The Bertz CT molecular complexity index is 884. The Morgan fingerprint density at radius 1 is 1.17 bits per heavy atom. The van der Waals surface area contributed by atoms with Crippen LogP contribution in [0, 0.1) is 0 Å². The lowest BCUT2D eigenvalue weighted by atomic mass is 10.1. The minimum atomic E-state index is -3.07. The molecule has 1 aromatic carbocycles. The van der Waals surface area contributed by atoms with E-state index in [1.807, 2.05) is 0 Å². The lowest BCUT2D eigenvalue weighted by molar-refractivity contribution is -0.135. The summed E-state index contributed by atoms with van der Waals surface area (Å²) in [4.78, 5) is 37.4. The standard InChI is InChI=1S/C20H28N2O7S/c1-14(20(25)22-8-11-30(26,27)12-9-22)21-19(24)5-4-10-29-17-7-6-16(15(2)23)13-18(17)28-3/h6-7,13-14H,4-5,8-12H2,1-3H3,(H,21,24). The van der Waals surface area contributed by atoms with E-state index in [0.29, 0.717) is 23.5 Å². The number of amides is 2. The van der Waals surface area contributed by atoms with Crippen molar-refractivity contribution in [2.24, 2.45) is 0 Å². The van der Waals surface area contributed by atoms with Crippen molar-refractivity contribution in [3.63, 3.8) is 0 Å². The molecule has 1 N–H and O–H groups in total. The van der Waals surface area contributed by atoms with Gasteiger partial charge in [-0.05, 0) is 38.5 Å². The van der Waals surface area contributed by atoms with E-state index >= 15 is 0 Å². The maximum Gasteiger partial charge on any atom is 0.244 e. The summed E-state index contributed by atoms with van der Waals surface area (Å²) < 4.78 is 33.8. The third-order valence-electron chi connectivity index (χ3n) is 4.78. The number of ether oxygens (including phenoxy) is 2. The number of benzene rings is 1. The molecule has 0 spiro atoms. The number of methoxy groups -OCH3 is 1. The Kier molecular flexibility index (Phi) is 8.22. The highest BCUT2D eigenvalue weighted by atomic mass is 32.2. The van der Waals surface area contributed by atoms with Gasteiger partial charge in [0.15, 0.2) is 27.1 Å². The van der Waals surface area contributed by atoms with Gasteiger partial charge in [-0.15, -0.1) is 0 Å². The summed E-state index contributed by atoms with van der Waals surface area (Å²) in [5.41, 5.74) is 0.517. The summed E-state index contributed by atoms with van der Waals surface area (Å²) in [7, 11) is -1.59. The fourth-order valence-corrected chi connectivity index (χ4v) is 4.20. The first-order valence-corrected chi connectivity index (χ1v) is 11.6. The smallest absolute Gasteiger partial charge is 0.244 e. The third-order valence-corrected chi connectivity index (χ3v) is 6.39. The molecule has 1 fully saturated rings. The van der Waals surface area contributed by atoms with Crippen LogP contribution in [0.15, 0.2) is 18.2 Å². The first-order valence-electron chi connectivity index (χ1n) is 9.73. The van der Waals surface area contributed by atoms with Crippen molar-refractivity contribution in [1.29, 1.82) is 0 Å². The van der Waals surface area contributed by atoms with Gasteiger partial charge >= 0.3 is 0 Å². The molecule has 1 unspecified atom stereocenters. The maximum absolute atomic E-state index is 12.4. The molecule has 0 saturated carbocycles. The Balaban J connectivity index is 1.74. The van der Waals surface area contributed by atoms with Crippen molar-refractivity contribution in [3.05, 3.63) is 23.8 Å². The van der Waals surface area contributed by atoms with E-state index in [2.05, 4.69) is 5.32 Å². The molecule has 166 valence electrons. The summed E-state index contributed by atoms with van der Waals surface area (Å²) in [5.74, 6) is 0.168. The molecule has 2 rings (SSSR count). The van der Waals surface area contributed by atoms with Gasteiger partial charge in [0.2, 0.25) is 11.8 Å². The first-order chi connectivity index (χ1) is 14.1. The fraction of sp³-hybridized carbons (Fsp3) is 0.550. The highest BCUT2D eigenvalue weighted by molar-refractivity contribution is 7.91. The van der Waals surface area contributed by atoms with E-state index in [9.17, 15) is 22.8 Å². The van der Waals surface area contributed by atoms with Gasteiger partial charge in [0.1, 0.15) is 6.04 Å². The zero-order valence-corrected chi connectivity index (χ0v) is 18.3. The van der Waals surface area contributed by atoms with E-state index in [1.165, 1.54) is 18.9 Å². The van der Waals surface area contributed by atoms with Crippen molar-refractivity contribution in [1.82, 2.24) is 10.2 Å². The average molecular weight is 441 g/mol. The summed E-state index contributed by atoms with van der Waals surface area (Å²) in [6.07, 6.45) is 0.589. The molecule has 1 atom stereocenters. The Morgan fingerprint density at radius 2 is 1.83 bits per heavy atom. The number of carbonyl (C=O) groups is 3. The van der Waals surface area contributed by atoms with Gasteiger partial charge in [-0.3, -0.25) is 14.4 Å². The highest BCUT2D eigenvalue weighted by Crippen LogP contribution is 2.28. The van der Waals surface area contributed by atoms with Crippen LogP contribution in [0.5, 0.6) is 11.5 Å². The number of rotatable bonds is 9. The molecule has 9 nitrogen and oxygen atoms in total. The predicted molar refractivity (Wildman–Crippen MR) is 111 cm³/mol. The molecule has 1 aromatic rings.